The summed E-state index contributed by atoms with van der Waals surface area (Å²) in [5, 5.41) is 9.82. The van der Waals surface area contributed by atoms with Crippen LogP contribution in [0.2, 0.25) is 0 Å². The van der Waals surface area contributed by atoms with E-state index in [-0.39, 0.29) is 12.4 Å². The third-order valence-electron chi connectivity index (χ3n) is 5.97. The van der Waals surface area contributed by atoms with Gasteiger partial charge in [0.05, 0.1) is 32.5 Å². The zero-order valence-corrected chi connectivity index (χ0v) is 17.0. The maximum Gasteiger partial charge on any atom is 0.0623 e. The number of rotatable bonds is 6. The fourth-order valence-corrected chi connectivity index (χ4v) is 5.49. The topological polar surface area (TPSA) is 45.8 Å². The molecule has 26 heavy (non-hydrogen) atoms. The van der Waals surface area contributed by atoms with E-state index in [4.69, 9.17) is 9.47 Å². The summed E-state index contributed by atoms with van der Waals surface area (Å²) in [6.45, 7) is 7.56. The van der Waals surface area contributed by atoms with Gasteiger partial charge in [-0.15, -0.1) is 23.7 Å². The van der Waals surface area contributed by atoms with Gasteiger partial charge in [0.2, 0.25) is 0 Å². The van der Waals surface area contributed by atoms with Crippen molar-refractivity contribution in [3.05, 3.63) is 22.4 Å². The first-order valence-corrected chi connectivity index (χ1v) is 10.7. The van der Waals surface area contributed by atoms with Crippen molar-refractivity contribution in [1.29, 1.82) is 0 Å². The molecule has 7 heteroatoms. The lowest BCUT2D eigenvalue weighted by molar-refractivity contribution is 0.0152. The van der Waals surface area contributed by atoms with Crippen molar-refractivity contribution in [2.24, 2.45) is 5.92 Å². The van der Waals surface area contributed by atoms with Crippen molar-refractivity contribution in [2.75, 3.05) is 52.6 Å². The molecule has 0 radical (unpaired) electrons. The minimum atomic E-state index is 0. The Morgan fingerprint density at radius 1 is 1.23 bits per heavy atom. The summed E-state index contributed by atoms with van der Waals surface area (Å²) in [4.78, 5) is 4.07. The molecule has 5 nitrogen and oxygen atoms in total. The lowest BCUT2D eigenvalue weighted by Crippen LogP contribution is -2.52. The van der Waals surface area contributed by atoms with Gasteiger partial charge in [-0.2, -0.15) is 0 Å². The summed E-state index contributed by atoms with van der Waals surface area (Å²) < 4.78 is 11.3. The van der Waals surface area contributed by atoms with Crippen molar-refractivity contribution >= 4 is 23.7 Å². The Bertz CT molecular complexity index is 507. The van der Waals surface area contributed by atoms with Crippen molar-refractivity contribution in [1.82, 2.24) is 15.5 Å². The fourth-order valence-electron chi connectivity index (χ4n) is 4.63. The van der Waals surface area contributed by atoms with Crippen LogP contribution in [0.5, 0.6) is 0 Å². The number of morpholine rings is 2. The Kier molecular flexibility index (Phi) is 8.18. The SMILES string of the molecule is Cl.c1csc(C(CNC2CCCC2C2COCCN2)N2CCOCC2)c1. The van der Waals surface area contributed by atoms with E-state index in [1.54, 1.807) is 0 Å². The summed E-state index contributed by atoms with van der Waals surface area (Å²) in [5.74, 6) is 0.703. The molecule has 2 aliphatic heterocycles. The summed E-state index contributed by atoms with van der Waals surface area (Å²) >= 11 is 1.88. The standard InChI is InChI=1S/C19H31N3O2S.ClH/c1-3-15(17-14-24-9-6-20-17)16(4-1)21-13-18(19-5-2-12-25-19)22-7-10-23-11-8-22;/h2,5,12,15-18,20-21H,1,3-4,6-11,13-14H2;1H. The first-order chi connectivity index (χ1) is 12.4. The molecule has 4 unspecified atom stereocenters. The number of halogens is 1. The van der Waals surface area contributed by atoms with Crippen molar-refractivity contribution in [2.45, 2.75) is 37.4 Å². The van der Waals surface area contributed by atoms with Gasteiger partial charge in [-0.25, -0.2) is 0 Å². The second kappa shape index (κ2) is 10.4. The van der Waals surface area contributed by atoms with E-state index in [9.17, 15) is 0 Å². The van der Waals surface area contributed by atoms with Crippen LogP contribution in [-0.4, -0.2) is 69.6 Å². The van der Waals surface area contributed by atoms with Gasteiger partial charge in [0.25, 0.3) is 0 Å². The number of ether oxygens (including phenoxy) is 2. The monoisotopic (exact) mass is 401 g/mol. The average Bonchev–Trinajstić information content (AvgIpc) is 3.36. The van der Waals surface area contributed by atoms with Gasteiger partial charge in [0, 0.05) is 43.1 Å². The van der Waals surface area contributed by atoms with Crippen molar-refractivity contribution < 1.29 is 9.47 Å². The smallest absolute Gasteiger partial charge is 0.0623 e. The van der Waals surface area contributed by atoms with Crippen LogP contribution >= 0.6 is 23.7 Å². The van der Waals surface area contributed by atoms with Crippen LogP contribution in [0.15, 0.2) is 17.5 Å². The summed E-state index contributed by atoms with van der Waals surface area (Å²) in [5.41, 5.74) is 0. The maximum atomic E-state index is 5.71. The third-order valence-corrected chi connectivity index (χ3v) is 6.94. The molecule has 1 aromatic heterocycles. The Balaban J connectivity index is 0.00000196. The van der Waals surface area contributed by atoms with Gasteiger partial charge in [-0.3, -0.25) is 4.90 Å². The molecule has 0 aromatic carbocycles. The first kappa shape index (κ1) is 20.5. The molecule has 1 aliphatic carbocycles. The highest BCUT2D eigenvalue weighted by Gasteiger charge is 2.35. The Morgan fingerprint density at radius 3 is 2.85 bits per heavy atom. The number of hydrogen-bond acceptors (Lipinski definition) is 6. The van der Waals surface area contributed by atoms with Crippen LogP contribution in [0.4, 0.5) is 0 Å². The van der Waals surface area contributed by atoms with Crippen LogP contribution in [0.25, 0.3) is 0 Å². The molecule has 4 rings (SSSR count). The van der Waals surface area contributed by atoms with Gasteiger partial charge in [-0.05, 0) is 30.2 Å². The van der Waals surface area contributed by atoms with E-state index >= 15 is 0 Å². The lowest BCUT2D eigenvalue weighted by Gasteiger charge is -2.37. The molecule has 1 aromatic rings. The Hall–Kier alpha value is -0.210. The van der Waals surface area contributed by atoms with E-state index in [0.29, 0.717) is 24.0 Å². The highest BCUT2D eigenvalue weighted by Crippen LogP contribution is 2.31. The zero-order valence-electron chi connectivity index (χ0n) is 15.4. The quantitative estimate of drug-likeness (QED) is 0.765. The molecule has 148 valence electrons. The molecule has 0 bridgehead atoms. The highest BCUT2D eigenvalue weighted by atomic mass is 35.5. The van der Waals surface area contributed by atoms with E-state index < -0.39 is 0 Å². The van der Waals surface area contributed by atoms with E-state index in [2.05, 4.69) is 33.0 Å². The fraction of sp³-hybridized carbons (Fsp3) is 0.789. The normalized spacial score (nSPS) is 31.5. The van der Waals surface area contributed by atoms with Crippen LogP contribution in [0.3, 0.4) is 0 Å². The number of hydrogen-bond donors (Lipinski definition) is 2. The number of thiophene rings is 1. The van der Waals surface area contributed by atoms with Gasteiger partial charge in [0.1, 0.15) is 0 Å². The number of nitrogens with zero attached hydrogens (tertiary/aromatic N) is 1. The molecule has 1 saturated carbocycles. The Labute approximate surface area is 167 Å². The average molecular weight is 402 g/mol. The van der Waals surface area contributed by atoms with Crippen LogP contribution in [0.1, 0.15) is 30.2 Å². The molecular formula is C19H32ClN3O2S. The van der Waals surface area contributed by atoms with Crippen LogP contribution < -0.4 is 10.6 Å². The van der Waals surface area contributed by atoms with Crippen molar-refractivity contribution in [3.8, 4) is 0 Å². The van der Waals surface area contributed by atoms with E-state index in [1.165, 1.54) is 24.1 Å². The first-order valence-electron chi connectivity index (χ1n) is 9.81. The molecular weight excluding hydrogens is 370 g/mol. The maximum absolute atomic E-state index is 5.71. The summed E-state index contributed by atoms with van der Waals surface area (Å²) in [6.07, 6.45) is 3.95. The molecule has 0 amide bonds. The minimum Gasteiger partial charge on any atom is -0.379 e. The minimum absolute atomic E-state index is 0. The predicted octanol–water partition coefficient (Wildman–Crippen LogP) is 2.29. The lowest BCUT2D eigenvalue weighted by atomic mass is 9.93. The second-order valence-electron chi connectivity index (χ2n) is 7.42. The number of nitrogens with one attached hydrogen (secondary N) is 2. The van der Waals surface area contributed by atoms with Crippen molar-refractivity contribution in [3.63, 3.8) is 0 Å². The summed E-state index contributed by atoms with van der Waals surface area (Å²) in [7, 11) is 0. The van der Waals surface area contributed by atoms with Gasteiger partial charge in [-0.1, -0.05) is 12.5 Å². The van der Waals surface area contributed by atoms with Crippen LogP contribution in [-0.2, 0) is 9.47 Å². The zero-order chi connectivity index (χ0) is 16.9. The molecule has 4 atom stereocenters. The molecule has 3 fully saturated rings. The van der Waals surface area contributed by atoms with Gasteiger partial charge >= 0.3 is 0 Å². The predicted molar refractivity (Wildman–Crippen MR) is 108 cm³/mol. The molecule has 2 N–H and O–H groups in total. The highest BCUT2D eigenvalue weighted by molar-refractivity contribution is 7.10. The van der Waals surface area contributed by atoms with Gasteiger partial charge in [0.15, 0.2) is 0 Å². The second-order valence-corrected chi connectivity index (χ2v) is 8.40. The van der Waals surface area contributed by atoms with Crippen LogP contribution in [0, 0.1) is 5.92 Å². The molecule has 3 heterocycles. The summed E-state index contributed by atoms with van der Waals surface area (Å²) in [6, 6.07) is 6.07. The van der Waals surface area contributed by atoms with E-state index in [0.717, 1.165) is 52.6 Å². The van der Waals surface area contributed by atoms with Gasteiger partial charge < -0.3 is 20.1 Å². The Morgan fingerprint density at radius 2 is 2.12 bits per heavy atom. The van der Waals surface area contributed by atoms with E-state index in [1.807, 2.05) is 11.3 Å². The third kappa shape index (κ3) is 4.98. The molecule has 2 saturated heterocycles. The molecule has 0 spiro atoms. The molecule has 3 aliphatic rings. The largest absolute Gasteiger partial charge is 0.379 e.